The van der Waals surface area contributed by atoms with Gasteiger partial charge >= 0.3 is 0 Å². The minimum absolute atomic E-state index is 0.103. The third kappa shape index (κ3) is 5.48. The summed E-state index contributed by atoms with van der Waals surface area (Å²) in [6.07, 6.45) is 3.17. The Balaban J connectivity index is 1.24. The molecule has 0 bridgehead atoms. The molecule has 1 aromatic carbocycles. The van der Waals surface area contributed by atoms with E-state index < -0.39 is 0 Å². The summed E-state index contributed by atoms with van der Waals surface area (Å²) >= 11 is 0. The van der Waals surface area contributed by atoms with Crippen LogP contribution in [-0.2, 0) is 6.42 Å². The van der Waals surface area contributed by atoms with Gasteiger partial charge in [0.2, 0.25) is 5.88 Å². The van der Waals surface area contributed by atoms with Crippen LogP contribution in [0.4, 0.5) is 5.69 Å². The molecule has 1 saturated heterocycles. The SMILES string of the molecule is CCc1c(C(=O)NCCCN2CCN(c3ccccc3)CC2)cnn1-c1ccc(OC)nn1. The third-order valence-corrected chi connectivity index (χ3v) is 5.93. The smallest absolute Gasteiger partial charge is 0.254 e. The zero-order chi connectivity index (χ0) is 23.0. The first-order chi connectivity index (χ1) is 16.2. The Bertz CT molecular complexity index is 1030. The first kappa shape index (κ1) is 22.7. The van der Waals surface area contributed by atoms with Crippen LogP contribution in [0.1, 0.15) is 29.4 Å². The summed E-state index contributed by atoms with van der Waals surface area (Å²) in [5, 5.41) is 15.5. The lowest BCUT2D eigenvalue weighted by Gasteiger charge is -2.36. The van der Waals surface area contributed by atoms with Crippen molar-refractivity contribution in [1.82, 2.24) is 30.2 Å². The topological polar surface area (TPSA) is 88.4 Å². The van der Waals surface area contributed by atoms with Crippen molar-refractivity contribution in [2.24, 2.45) is 0 Å². The van der Waals surface area contributed by atoms with Crippen molar-refractivity contribution < 1.29 is 9.53 Å². The quantitative estimate of drug-likeness (QED) is 0.501. The molecule has 0 radical (unpaired) electrons. The number of piperazine rings is 1. The molecule has 0 atom stereocenters. The number of ether oxygens (including phenoxy) is 1. The van der Waals surface area contributed by atoms with Gasteiger partial charge in [-0.3, -0.25) is 9.69 Å². The van der Waals surface area contributed by atoms with Gasteiger partial charge in [0.05, 0.1) is 24.6 Å². The van der Waals surface area contributed by atoms with Gasteiger partial charge in [0.15, 0.2) is 5.82 Å². The number of para-hydroxylation sites is 1. The Labute approximate surface area is 194 Å². The van der Waals surface area contributed by atoms with Crippen molar-refractivity contribution in [1.29, 1.82) is 0 Å². The van der Waals surface area contributed by atoms with E-state index >= 15 is 0 Å². The third-order valence-electron chi connectivity index (χ3n) is 5.93. The molecule has 174 valence electrons. The largest absolute Gasteiger partial charge is 0.480 e. The molecule has 3 heterocycles. The molecule has 3 aromatic rings. The summed E-state index contributed by atoms with van der Waals surface area (Å²) in [7, 11) is 1.54. The molecule has 1 aliphatic heterocycles. The lowest BCUT2D eigenvalue weighted by Crippen LogP contribution is -2.47. The zero-order valence-corrected chi connectivity index (χ0v) is 19.3. The predicted octanol–water partition coefficient (Wildman–Crippen LogP) is 2.18. The number of amides is 1. The number of aromatic nitrogens is 4. The maximum atomic E-state index is 12.8. The van der Waals surface area contributed by atoms with Gasteiger partial charge in [0.1, 0.15) is 0 Å². The van der Waals surface area contributed by atoms with Gasteiger partial charge in [-0.05, 0) is 37.6 Å². The molecule has 0 spiro atoms. The number of nitrogens with zero attached hydrogens (tertiary/aromatic N) is 6. The van der Waals surface area contributed by atoms with E-state index in [2.05, 4.69) is 60.7 Å². The van der Waals surface area contributed by atoms with Crippen molar-refractivity contribution in [3.05, 3.63) is 59.9 Å². The molecule has 1 fully saturated rings. The Morgan fingerprint density at radius 3 is 2.52 bits per heavy atom. The van der Waals surface area contributed by atoms with Crippen molar-refractivity contribution in [2.75, 3.05) is 51.3 Å². The number of carbonyl (C=O) groups excluding carboxylic acids is 1. The molecule has 9 nitrogen and oxygen atoms in total. The molecule has 1 N–H and O–H groups in total. The van der Waals surface area contributed by atoms with Crippen LogP contribution >= 0.6 is 0 Å². The number of methoxy groups -OCH3 is 1. The molecule has 1 amide bonds. The number of benzene rings is 1. The molecule has 2 aromatic heterocycles. The van der Waals surface area contributed by atoms with E-state index in [-0.39, 0.29) is 5.91 Å². The van der Waals surface area contributed by atoms with Crippen LogP contribution in [0, 0.1) is 0 Å². The summed E-state index contributed by atoms with van der Waals surface area (Å²) in [4.78, 5) is 17.7. The second kappa shape index (κ2) is 10.9. The molecular formula is C24H31N7O2. The average molecular weight is 450 g/mol. The molecule has 4 rings (SSSR count). The Morgan fingerprint density at radius 1 is 1.06 bits per heavy atom. The molecule has 0 unspecified atom stereocenters. The number of hydrogen-bond donors (Lipinski definition) is 1. The monoisotopic (exact) mass is 449 g/mol. The van der Waals surface area contributed by atoms with Crippen LogP contribution in [0.25, 0.3) is 5.82 Å². The fourth-order valence-corrected chi connectivity index (χ4v) is 4.10. The van der Waals surface area contributed by atoms with Gasteiger partial charge < -0.3 is 15.0 Å². The summed E-state index contributed by atoms with van der Waals surface area (Å²) in [5.41, 5.74) is 2.67. The van der Waals surface area contributed by atoms with Crippen LogP contribution in [0.15, 0.2) is 48.7 Å². The van der Waals surface area contributed by atoms with Crippen LogP contribution in [0.2, 0.25) is 0 Å². The predicted molar refractivity (Wildman–Crippen MR) is 127 cm³/mol. The molecule has 0 aliphatic carbocycles. The van der Waals surface area contributed by atoms with E-state index in [1.165, 1.54) is 5.69 Å². The van der Waals surface area contributed by atoms with Crippen molar-refractivity contribution in [2.45, 2.75) is 19.8 Å². The summed E-state index contributed by atoms with van der Waals surface area (Å²) in [5.74, 6) is 0.887. The van der Waals surface area contributed by atoms with Gasteiger partial charge in [0, 0.05) is 44.5 Å². The molecule has 0 saturated carbocycles. The minimum Gasteiger partial charge on any atom is -0.480 e. The number of hydrogen-bond acceptors (Lipinski definition) is 7. The van der Waals surface area contributed by atoms with E-state index in [1.807, 2.05) is 6.92 Å². The highest BCUT2D eigenvalue weighted by molar-refractivity contribution is 5.95. The van der Waals surface area contributed by atoms with E-state index in [0.717, 1.165) is 44.8 Å². The maximum absolute atomic E-state index is 12.8. The molecule has 33 heavy (non-hydrogen) atoms. The first-order valence-corrected chi connectivity index (χ1v) is 11.4. The van der Waals surface area contributed by atoms with E-state index in [4.69, 9.17) is 4.74 Å². The lowest BCUT2D eigenvalue weighted by atomic mass is 10.2. The van der Waals surface area contributed by atoms with Crippen molar-refractivity contribution in [3.63, 3.8) is 0 Å². The van der Waals surface area contributed by atoms with Crippen molar-refractivity contribution >= 4 is 11.6 Å². The minimum atomic E-state index is -0.103. The highest BCUT2D eigenvalue weighted by atomic mass is 16.5. The maximum Gasteiger partial charge on any atom is 0.254 e. The van der Waals surface area contributed by atoms with E-state index in [9.17, 15) is 4.79 Å². The van der Waals surface area contributed by atoms with Crippen LogP contribution < -0.4 is 15.0 Å². The highest BCUT2D eigenvalue weighted by Crippen LogP contribution is 2.17. The zero-order valence-electron chi connectivity index (χ0n) is 19.3. The molecule has 9 heteroatoms. The van der Waals surface area contributed by atoms with Crippen LogP contribution in [-0.4, -0.2) is 77.2 Å². The van der Waals surface area contributed by atoms with E-state index in [0.29, 0.717) is 30.2 Å². The van der Waals surface area contributed by atoms with Gasteiger partial charge in [-0.15, -0.1) is 10.2 Å². The van der Waals surface area contributed by atoms with Crippen LogP contribution in [0.5, 0.6) is 5.88 Å². The fraction of sp³-hybridized carbons (Fsp3) is 0.417. The molecular weight excluding hydrogens is 418 g/mol. The highest BCUT2D eigenvalue weighted by Gasteiger charge is 2.19. The van der Waals surface area contributed by atoms with Gasteiger partial charge in [-0.1, -0.05) is 25.1 Å². The summed E-state index contributed by atoms with van der Waals surface area (Å²) < 4.78 is 6.72. The summed E-state index contributed by atoms with van der Waals surface area (Å²) in [6, 6.07) is 14.1. The lowest BCUT2D eigenvalue weighted by molar-refractivity contribution is 0.0950. The van der Waals surface area contributed by atoms with E-state index in [1.54, 1.807) is 30.1 Å². The first-order valence-electron chi connectivity index (χ1n) is 11.4. The van der Waals surface area contributed by atoms with Gasteiger partial charge in [0.25, 0.3) is 5.91 Å². The second-order valence-electron chi connectivity index (χ2n) is 7.98. The Kier molecular flexibility index (Phi) is 7.51. The number of anilines is 1. The molecule has 1 aliphatic rings. The van der Waals surface area contributed by atoms with Gasteiger partial charge in [-0.25, -0.2) is 4.68 Å². The van der Waals surface area contributed by atoms with Crippen molar-refractivity contribution in [3.8, 4) is 11.7 Å². The van der Waals surface area contributed by atoms with Crippen LogP contribution in [0.3, 0.4) is 0 Å². The number of rotatable bonds is 9. The second-order valence-corrected chi connectivity index (χ2v) is 7.98. The van der Waals surface area contributed by atoms with Gasteiger partial charge in [-0.2, -0.15) is 5.10 Å². The number of carbonyl (C=O) groups is 1. The summed E-state index contributed by atoms with van der Waals surface area (Å²) in [6.45, 7) is 7.75. The Morgan fingerprint density at radius 2 is 1.85 bits per heavy atom. The fourth-order valence-electron chi connectivity index (χ4n) is 4.10. The standard InChI is InChI=1S/C24H31N7O2/c1-3-21-20(18-26-31(21)22-10-11-23(33-2)28-27-22)24(32)25-12-7-13-29-14-16-30(17-15-29)19-8-5-4-6-9-19/h4-6,8-11,18H,3,7,12-17H2,1-2H3,(H,25,32). The normalized spacial score (nSPS) is 14.3. The number of nitrogens with one attached hydrogen (secondary N) is 1. The Hall–Kier alpha value is -3.46. The average Bonchev–Trinajstić information content (AvgIpc) is 3.32.